The summed E-state index contributed by atoms with van der Waals surface area (Å²) in [6.45, 7) is 0. The van der Waals surface area contributed by atoms with Gasteiger partial charge in [0.1, 0.15) is 0 Å². The molecule has 9 heteroatoms. The maximum absolute atomic E-state index is 12.0. The van der Waals surface area contributed by atoms with Crippen LogP contribution in [0.3, 0.4) is 0 Å². The third-order valence-corrected chi connectivity index (χ3v) is 4.04. The second-order valence-corrected chi connectivity index (χ2v) is 6.41. The molecule has 2 N–H and O–H groups in total. The zero-order chi connectivity index (χ0) is 17.0. The highest BCUT2D eigenvalue weighted by Crippen LogP contribution is 2.36. The Hall–Kier alpha value is -2.58. The number of hydrogen-bond acceptors (Lipinski definition) is 5. The number of phenols is 1. The van der Waals surface area contributed by atoms with Crippen LogP contribution in [-0.4, -0.2) is 18.4 Å². The molecule has 23 heavy (non-hydrogen) atoms. The molecule has 0 fully saturated rings. The van der Waals surface area contributed by atoms with E-state index in [-0.39, 0.29) is 10.7 Å². The Kier molecular flexibility index (Phi) is 4.87. The van der Waals surface area contributed by atoms with Gasteiger partial charge in [0.25, 0.3) is 15.7 Å². The fourth-order valence-electron chi connectivity index (χ4n) is 1.69. The number of nitrogens with one attached hydrogen (secondary N) is 1. The van der Waals surface area contributed by atoms with Gasteiger partial charge in [-0.25, -0.2) is 8.42 Å². The average molecular weight is 355 g/mol. The Labute approximate surface area is 137 Å². The van der Waals surface area contributed by atoms with Gasteiger partial charge in [0.15, 0.2) is 5.75 Å². The first-order valence-corrected chi connectivity index (χ1v) is 8.14. The summed E-state index contributed by atoms with van der Waals surface area (Å²) in [6.07, 6.45) is 1.35. The third-order valence-electron chi connectivity index (χ3n) is 2.75. The molecule has 0 amide bonds. The minimum absolute atomic E-state index is 0.330. The summed E-state index contributed by atoms with van der Waals surface area (Å²) in [5.41, 5.74) is -0.168. The summed E-state index contributed by atoms with van der Waals surface area (Å²) in [5, 5.41) is 21.1. The van der Waals surface area contributed by atoms with Crippen molar-refractivity contribution >= 4 is 39.1 Å². The van der Waals surface area contributed by atoms with E-state index in [0.29, 0.717) is 5.56 Å². The first-order valence-electron chi connectivity index (χ1n) is 6.21. The normalized spacial score (nSPS) is 11.5. The lowest BCUT2D eigenvalue weighted by molar-refractivity contribution is -0.384. The number of phenolic OH excluding ortho intramolecular Hbond substituents is 1. The van der Waals surface area contributed by atoms with E-state index >= 15 is 0 Å². The Morgan fingerprint density at radius 1 is 1.22 bits per heavy atom. The smallest absolute Gasteiger partial charge is 0.273 e. The van der Waals surface area contributed by atoms with Gasteiger partial charge in [0.2, 0.25) is 0 Å². The number of nitro benzene ring substituents is 1. The quantitative estimate of drug-likeness (QED) is 0.486. The molecule has 7 nitrogen and oxygen atoms in total. The highest BCUT2D eigenvalue weighted by atomic mass is 35.5. The largest absolute Gasteiger partial charge is 0.504 e. The van der Waals surface area contributed by atoms with Crippen molar-refractivity contribution < 1.29 is 18.4 Å². The number of aromatic hydroxyl groups is 1. The molecule has 120 valence electrons. The Balaban J connectivity index is 2.30. The summed E-state index contributed by atoms with van der Waals surface area (Å²) < 4.78 is 26.0. The van der Waals surface area contributed by atoms with Crippen molar-refractivity contribution in [2.24, 2.45) is 0 Å². The fraction of sp³-hybridized carbons (Fsp3) is 0. The summed E-state index contributed by atoms with van der Waals surface area (Å²) in [6, 6.07) is 10.5. The highest BCUT2D eigenvalue weighted by Gasteiger charge is 2.18. The van der Waals surface area contributed by atoms with Gasteiger partial charge in [-0.3, -0.25) is 14.8 Å². The van der Waals surface area contributed by atoms with Crippen molar-refractivity contribution in [1.29, 1.82) is 0 Å². The van der Waals surface area contributed by atoms with Gasteiger partial charge in [-0.15, -0.1) is 0 Å². The molecule has 0 aliphatic rings. The minimum atomic E-state index is -3.99. The van der Waals surface area contributed by atoms with E-state index in [1.807, 2.05) is 4.72 Å². The number of halogens is 1. The summed E-state index contributed by atoms with van der Waals surface area (Å²) >= 11 is 5.66. The van der Waals surface area contributed by atoms with Crippen molar-refractivity contribution in [3.8, 4) is 5.75 Å². The number of nitro groups is 1. The lowest BCUT2D eigenvalue weighted by atomic mass is 10.2. The zero-order valence-corrected chi connectivity index (χ0v) is 13.1. The maximum Gasteiger partial charge on any atom is 0.273 e. The van der Waals surface area contributed by atoms with E-state index < -0.39 is 26.4 Å². The number of hydrogen-bond donors (Lipinski definition) is 2. The van der Waals surface area contributed by atoms with E-state index in [0.717, 1.165) is 17.5 Å². The highest BCUT2D eigenvalue weighted by molar-refractivity contribution is 7.95. The second kappa shape index (κ2) is 6.67. The molecule has 0 aromatic heterocycles. The molecule has 0 saturated carbocycles. The molecular weight excluding hydrogens is 344 g/mol. The number of sulfonamides is 1. The average Bonchev–Trinajstić information content (AvgIpc) is 2.50. The number of non-ortho nitro benzene ring substituents is 1. The SMILES string of the molecule is O=[N+]([O-])c1cc(Cl)c(O)c(NS(=O)(=O)C=Cc2ccccc2)c1. The van der Waals surface area contributed by atoms with Gasteiger partial charge in [-0.05, 0) is 11.6 Å². The van der Waals surface area contributed by atoms with Crippen molar-refractivity contribution in [3.63, 3.8) is 0 Å². The van der Waals surface area contributed by atoms with E-state index in [1.165, 1.54) is 6.08 Å². The van der Waals surface area contributed by atoms with Crippen LogP contribution in [0.15, 0.2) is 47.9 Å². The van der Waals surface area contributed by atoms with Crippen LogP contribution < -0.4 is 4.72 Å². The topological polar surface area (TPSA) is 110 Å². The predicted molar refractivity (Wildman–Crippen MR) is 87.8 cm³/mol. The molecule has 2 rings (SSSR count). The molecule has 0 aliphatic heterocycles. The Morgan fingerprint density at radius 3 is 2.48 bits per heavy atom. The maximum atomic E-state index is 12.0. The van der Waals surface area contributed by atoms with Gasteiger partial charge in [0.05, 0.1) is 21.0 Å². The summed E-state index contributed by atoms with van der Waals surface area (Å²) in [5.74, 6) is -0.589. The molecule has 0 bridgehead atoms. The minimum Gasteiger partial charge on any atom is -0.504 e. The number of anilines is 1. The van der Waals surface area contributed by atoms with Crippen LogP contribution in [0, 0.1) is 10.1 Å². The first-order chi connectivity index (χ1) is 10.8. The lowest BCUT2D eigenvalue weighted by Crippen LogP contribution is -2.09. The third kappa shape index (κ3) is 4.44. The van der Waals surface area contributed by atoms with Gasteiger partial charge in [0, 0.05) is 12.1 Å². The lowest BCUT2D eigenvalue weighted by Gasteiger charge is -2.08. The molecule has 0 aliphatic carbocycles. The van der Waals surface area contributed by atoms with Gasteiger partial charge in [-0.2, -0.15) is 0 Å². The number of rotatable bonds is 5. The molecule has 0 atom stereocenters. The van der Waals surface area contributed by atoms with E-state index in [2.05, 4.69) is 0 Å². The Morgan fingerprint density at radius 2 is 1.87 bits per heavy atom. The standard InChI is InChI=1S/C14H11ClN2O5S/c15-12-8-11(17(19)20)9-13(14(12)18)16-23(21,22)7-6-10-4-2-1-3-5-10/h1-9,16,18H. The van der Waals surface area contributed by atoms with Crippen LogP contribution in [0.1, 0.15) is 5.56 Å². The summed E-state index contributed by atoms with van der Waals surface area (Å²) in [7, 11) is -3.99. The number of benzene rings is 2. The van der Waals surface area contributed by atoms with Gasteiger partial charge < -0.3 is 5.11 Å². The van der Waals surface area contributed by atoms with Gasteiger partial charge >= 0.3 is 0 Å². The Bertz CT molecular complexity index is 866. The van der Waals surface area contributed by atoms with Crippen molar-refractivity contribution in [2.45, 2.75) is 0 Å². The molecule has 0 radical (unpaired) electrons. The molecule has 0 spiro atoms. The van der Waals surface area contributed by atoms with Crippen LogP contribution in [0.5, 0.6) is 5.75 Å². The van der Waals surface area contributed by atoms with Crippen molar-refractivity contribution in [2.75, 3.05) is 4.72 Å². The van der Waals surface area contributed by atoms with Gasteiger partial charge in [-0.1, -0.05) is 41.9 Å². The predicted octanol–water partition coefficient (Wildman–Crippen LogP) is 3.37. The van der Waals surface area contributed by atoms with E-state index in [9.17, 15) is 23.6 Å². The molecular formula is C14H11ClN2O5S. The van der Waals surface area contributed by atoms with Crippen molar-refractivity contribution in [1.82, 2.24) is 0 Å². The fourth-order valence-corrected chi connectivity index (χ4v) is 2.77. The number of nitrogens with zero attached hydrogens (tertiary/aromatic N) is 1. The van der Waals surface area contributed by atoms with Crippen LogP contribution in [0.4, 0.5) is 11.4 Å². The summed E-state index contributed by atoms with van der Waals surface area (Å²) in [4.78, 5) is 10.0. The van der Waals surface area contributed by atoms with Crippen LogP contribution in [0.2, 0.25) is 5.02 Å². The van der Waals surface area contributed by atoms with E-state index in [1.54, 1.807) is 30.3 Å². The molecule has 0 heterocycles. The van der Waals surface area contributed by atoms with Crippen LogP contribution in [-0.2, 0) is 10.0 Å². The zero-order valence-electron chi connectivity index (χ0n) is 11.5. The van der Waals surface area contributed by atoms with Crippen LogP contribution >= 0.6 is 11.6 Å². The van der Waals surface area contributed by atoms with E-state index in [4.69, 9.17) is 11.6 Å². The second-order valence-electron chi connectivity index (χ2n) is 4.44. The molecule has 2 aromatic carbocycles. The molecule has 0 saturated heterocycles. The first kappa shape index (κ1) is 16.8. The monoisotopic (exact) mass is 354 g/mol. The molecule has 2 aromatic rings. The van der Waals surface area contributed by atoms with Crippen molar-refractivity contribution in [3.05, 3.63) is 68.6 Å². The van der Waals surface area contributed by atoms with Crippen LogP contribution in [0.25, 0.3) is 6.08 Å². The molecule has 0 unspecified atom stereocenters.